The van der Waals surface area contributed by atoms with Crippen molar-refractivity contribution < 1.29 is 14.3 Å². The van der Waals surface area contributed by atoms with Gasteiger partial charge in [-0.1, -0.05) is 18.6 Å². The van der Waals surface area contributed by atoms with Crippen LogP contribution >= 0.6 is 0 Å². The normalized spacial score (nSPS) is 18.7. The van der Waals surface area contributed by atoms with Crippen LogP contribution in [0.15, 0.2) is 24.3 Å². The van der Waals surface area contributed by atoms with Gasteiger partial charge in [0.2, 0.25) is 5.91 Å². The van der Waals surface area contributed by atoms with Gasteiger partial charge in [-0.05, 0) is 51.3 Å². The molecule has 3 amide bonds. The monoisotopic (exact) mass is 359 g/mol. The molecule has 3 rings (SSSR count). The molecule has 0 aromatic heterocycles. The highest BCUT2D eigenvalue weighted by molar-refractivity contribution is 5.81. The van der Waals surface area contributed by atoms with Crippen LogP contribution in [0.25, 0.3) is 0 Å². The SMILES string of the molecule is CC(C)Oc1cccc(C(C)NC(=O)N2CC(NC(=O)C3CCC3)C2)c1. The smallest absolute Gasteiger partial charge is 0.318 e. The summed E-state index contributed by atoms with van der Waals surface area (Å²) in [5.74, 6) is 1.15. The predicted octanol–water partition coefficient (Wildman–Crippen LogP) is 2.84. The lowest BCUT2D eigenvalue weighted by atomic mass is 9.84. The van der Waals surface area contributed by atoms with E-state index in [-0.39, 0.29) is 36.0 Å². The maximum Gasteiger partial charge on any atom is 0.318 e. The fourth-order valence-electron chi connectivity index (χ4n) is 3.21. The Bertz CT molecular complexity index is 651. The number of carbonyl (C=O) groups is 2. The van der Waals surface area contributed by atoms with E-state index >= 15 is 0 Å². The molecule has 1 aromatic carbocycles. The van der Waals surface area contributed by atoms with Crippen LogP contribution in [0.2, 0.25) is 0 Å². The second kappa shape index (κ2) is 7.98. The molecule has 1 aromatic rings. The Kier molecular flexibility index (Phi) is 5.69. The molecular weight excluding hydrogens is 330 g/mol. The number of nitrogens with zero attached hydrogens (tertiary/aromatic N) is 1. The lowest BCUT2D eigenvalue weighted by Crippen LogP contribution is -2.63. The molecule has 6 nitrogen and oxygen atoms in total. The van der Waals surface area contributed by atoms with Crippen LogP contribution in [0.4, 0.5) is 4.79 Å². The fourth-order valence-corrected chi connectivity index (χ4v) is 3.21. The Morgan fingerprint density at radius 3 is 2.54 bits per heavy atom. The summed E-state index contributed by atoms with van der Waals surface area (Å²) in [5.41, 5.74) is 1.01. The second-order valence-corrected chi connectivity index (χ2v) is 7.65. The molecular formula is C20H29N3O3. The summed E-state index contributed by atoms with van der Waals surface area (Å²) in [4.78, 5) is 26.0. The topological polar surface area (TPSA) is 70.7 Å². The number of rotatable bonds is 6. The van der Waals surface area contributed by atoms with E-state index in [1.807, 2.05) is 45.0 Å². The van der Waals surface area contributed by atoms with Crippen molar-refractivity contribution in [2.45, 2.75) is 58.2 Å². The molecule has 0 bridgehead atoms. The van der Waals surface area contributed by atoms with Gasteiger partial charge < -0.3 is 20.3 Å². The number of nitrogens with one attached hydrogen (secondary N) is 2. The van der Waals surface area contributed by atoms with E-state index in [9.17, 15) is 9.59 Å². The minimum absolute atomic E-state index is 0.0897. The van der Waals surface area contributed by atoms with E-state index in [1.165, 1.54) is 0 Å². The largest absolute Gasteiger partial charge is 0.491 e. The molecule has 1 atom stereocenters. The van der Waals surface area contributed by atoms with Crippen molar-refractivity contribution in [1.82, 2.24) is 15.5 Å². The van der Waals surface area contributed by atoms with E-state index in [1.54, 1.807) is 4.90 Å². The average molecular weight is 359 g/mol. The van der Waals surface area contributed by atoms with Gasteiger partial charge in [-0.15, -0.1) is 0 Å². The maximum atomic E-state index is 12.4. The van der Waals surface area contributed by atoms with Gasteiger partial charge in [-0.2, -0.15) is 0 Å². The number of ether oxygens (including phenoxy) is 1. The molecule has 6 heteroatoms. The van der Waals surface area contributed by atoms with Crippen molar-refractivity contribution in [2.24, 2.45) is 5.92 Å². The van der Waals surface area contributed by atoms with Crippen LogP contribution < -0.4 is 15.4 Å². The van der Waals surface area contributed by atoms with E-state index in [4.69, 9.17) is 4.74 Å². The van der Waals surface area contributed by atoms with Gasteiger partial charge >= 0.3 is 6.03 Å². The van der Waals surface area contributed by atoms with Crippen molar-refractivity contribution in [3.05, 3.63) is 29.8 Å². The van der Waals surface area contributed by atoms with E-state index in [0.29, 0.717) is 13.1 Å². The summed E-state index contributed by atoms with van der Waals surface area (Å²) in [6.45, 7) is 7.09. The van der Waals surface area contributed by atoms with Gasteiger partial charge in [0.25, 0.3) is 0 Å². The van der Waals surface area contributed by atoms with Crippen LogP contribution in [-0.2, 0) is 4.79 Å². The van der Waals surface area contributed by atoms with Crippen LogP contribution in [-0.4, -0.2) is 42.1 Å². The first-order valence-corrected chi connectivity index (χ1v) is 9.55. The molecule has 142 valence electrons. The highest BCUT2D eigenvalue weighted by atomic mass is 16.5. The third-order valence-corrected chi connectivity index (χ3v) is 5.06. The van der Waals surface area contributed by atoms with Crippen LogP contribution in [0, 0.1) is 5.92 Å². The Morgan fingerprint density at radius 2 is 1.92 bits per heavy atom. The van der Waals surface area contributed by atoms with Gasteiger partial charge in [-0.25, -0.2) is 4.79 Å². The first-order valence-electron chi connectivity index (χ1n) is 9.55. The molecule has 0 spiro atoms. The number of likely N-dealkylation sites (tertiary alicyclic amines) is 1. The summed E-state index contributed by atoms with van der Waals surface area (Å²) in [6, 6.07) is 7.68. The third-order valence-electron chi connectivity index (χ3n) is 5.06. The van der Waals surface area contributed by atoms with Crippen molar-refractivity contribution in [1.29, 1.82) is 0 Å². The number of benzene rings is 1. The zero-order chi connectivity index (χ0) is 18.7. The van der Waals surface area contributed by atoms with E-state index in [2.05, 4.69) is 10.6 Å². The molecule has 1 aliphatic heterocycles. The molecule has 2 aliphatic rings. The van der Waals surface area contributed by atoms with Crippen molar-refractivity contribution in [3.63, 3.8) is 0 Å². The molecule has 1 unspecified atom stereocenters. The molecule has 1 aliphatic carbocycles. The average Bonchev–Trinajstić information content (AvgIpc) is 2.48. The summed E-state index contributed by atoms with van der Waals surface area (Å²) >= 11 is 0. The molecule has 0 radical (unpaired) electrons. The molecule has 1 saturated heterocycles. The van der Waals surface area contributed by atoms with Gasteiger partial charge in [-0.3, -0.25) is 4.79 Å². The Hall–Kier alpha value is -2.24. The minimum Gasteiger partial charge on any atom is -0.491 e. The summed E-state index contributed by atoms with van der Waals surface area (Å²) in [6.07, 6.45) is 3.27. The van der Waals surface area contributed by atoms with Gasteiger partial charge in [0.1, 0.15) is 5.75 Å². The highest BCUT2D eigenvalue weighted by Gasteiger charge is 2.34. The molecule has 1 saturated carbocycles. The number of urea groups is 1. The molecule has 1 heterocycles. The van der Waals surface area contributed by atoms with Gasteiger partial charge in [0.15, 0.2) is 0 Å². The Balaban J connectivity index is 1.44. The first-order chi connectivity index (χ1) is 12.4. The lowest BCUT2D eigenvalue weighted by Gasteiger charge is -2.41. The molecule has 2 N–H and O–H groups in total. The fraction of sp³-hybridized carbons (Fsp3) is 0.600. The second-order valence-electron chi connectivity index (χ2n) is 7.65. The highest BCUT2D eigenvalue weighted by Crippen LogP contribution is 2.27. The van der Waals surface area contributed by atoms with Gasteiger partial charge in [0, 0.05) is 19.0 Å². The third kappa shape index (κ3) is 4.48. The van der Waals surface area contributed by atoms with E-state index in [0.717, 1.165) is 30.6 Å². The Labute approximate surface area is 155 Å². The zero-order valence-corrected chi connectivity index (χ0v) is 15.8. The molecule has 2 fully saturated rings. The standard InChI is InChI=1S/C20H29N3O3/c1-13(2)26-18-9-5-8-16(10-18)14(3)21-20(25)23-11-17(12-23)22-19(24)15-6-4-7-15/h5,8-10,13-15,17H,4,6-7,11-12H2,1-3H3,(H,21,25)(H,22,24). The minimum atomic E-state index is -0.109. The number of hydrogen-bond donors (Lipinski definition) is 2. The maximum absolute atomic E-state index is 12.4. The molecule has 26 heavy (non-hydrogen) atoms. The van der Waals surface area contributed by atoms with Crippen molar-refractivity contribution in [2.75, 3.05) is 13.1 Å². The summed E-state index contributed by atoms with van der Waals surface area (Å²) in [5, 5.41) is 6.05. The summed E-state index contributed by atoms with van der Waals surface area (Å²) in [7, 11) is 0. The van der Waals surface area contributed by atoms with Crippen LogP contribution in [0.3, 0.4) is 0 Å². The number of carbonyl (C=O) groups excluding carboxylic acids is 2. The summed E-state index contributed by atoms with van der Waals surface area (Å²) < 4.78 is 5.71. The van der Waals surface area contributed by atoms with E-state index < -0.39 is 0 Å². The quantitative estimate of drug-likeness (QED) is 0.820. The lowest BCUT2D eigenvalue weighted by molar-refractivity contribution is -0.129. The Morgan fingerprint density at radius 1 is 1.19 bits per heavy atom. The van der Waals surface area contributed by atoms with Gasteiger partial charge in [0.05, 0.1) is 18.2 Å². The van der Waals surface area contributed by atoms with Crippen LogP contribution in [0.5, 0.6) is 5.75 Å². The van der Waals surface area contributed by atoms with Crippen molar-refractivity contribution in [3.8, 4) is 5.75 Å². The van der Waals surface area contributed by atoms with Crippen LogP contribution in [0.1, 0.15) is 51.6 Å². The number of hydrogen-bond acceptors (Lipinski definition) is 3. The first kappa shape index (κ1) is 18.5. The van der Waals surface area contributed by atoms with Crippen molar-refractivity contribution >= 4 is 11.9 Å². The predicted molar refractivity (Wildman–Crippen MR) is 100.0 cm³/mol. The number of amides is 3. The zero-order valence-electron chi connectivity index (χ0n) is 15.8.